The van der Waals surface area contributed by atoms with E-state index >= 15 is 0 Å². The molecule has 2 aromatic carbocycles. The fourth-order valence-electron chi connectivity index (χ4n) is 2.80. The van der Waals surface area contributed by atoms with Gasteiger partial charge in [0, 0.05) is 25.3 Å². The number of benzene rings is 2. The number of aliphatic hydroxyl groups excluding tert-OH is 2. The first-order chi connectivity index (χ1) is 13.3. The number of nitriles is 1. The maximum absolute atomic E-state index is 12.2. The van der Waals surface area contributed by atoms with Gasteiger partial charge in [0.25, 0.3) is 10.0 Å². The minimum Gasteiger partial charge on any atom is -0.394 e. The number of anilines is 1. The molecule has 0 saturated carbocycles. The molecule has 0 aromatic heterocycles. The lowest BCUT2D eigenvalue weighted by Crippen LogP contribution is -2.34. The molecule has 0 saturated heterocycles. The topological polar surface area (TPSA) is 114 Å². The molecule has 0 heterocycles. The molecule has 0 aliphatic heterocycles. The highest BCUT2D eigenvalue weighted by Gasteiger charge is 2.18. The van der Waals surface area contributed by atoms with Gasteiger partial charge in [-0.15, -0.1) is 0 Å². The molecule has 0 fully saturated rings. The summed E-state index contributed by atoms with van der Waals surface area (Å²) in [7, 11) is -4.08. The molecule has 0 bridgehead atoms. The zero-order chi connectivity index (χ0) is 20.7. The van der Waals surface area contributed by atoms with E-state index in [0.717, 1.165) is 29.5 Å². The number of rotatable bonds is 9. The summed E-state index contributed by atoms with van der Waals surface area (Å²) in [5.41, 5.74) is 1.69. The Labute approximate surface area is 165 Å². The SMILES string of the molecule is CCN(CC)c1ccc2cc(C=C(C#N)S(=O)(=O)NCC(O)CO)ccc2c1. The van der Waals surface area contributed by atoms with Gasteiger partial charge in [-0.1, -0.05) is 18.2 Å². The van der Waals surface area contributed by atoms with Crippen molar-refractivity contribution in [1.82, 2.24) is 4.72 Å². The fourth-order valence-corrected chi connectivity index (χ4v) is 3.78. The summed E-state index contributed by atoms with van der Waals surface area (Å²) in [5.74, 6) is 0. The minimum absolute atomic E-state index is 0.371. The Morgan fingerprint density at radius 3 is 2.46 bits per heavy atom. The number of nitrogens with one attached hydrogen (secondary N) is 1. The molecule has 1 atom stereocenters. The first-order valence-corrected chi connectivity index (χ1v) is 10.5. The van der Waals surface area contributed by atoms with Crippen LogP contribution in [-0.2, 0) is 10.0 Å². The highest BCUT2D eigenvalue weighted by atomic mass is 32.2. The molecule has 8 heteroatoms. The first-order valence-electron chi connectivity index (χ1n) is 9.03. The number of fused-ring (bicyclic) bond motifs is 1. The van der Waals surface area contributed by atoms with Crippen LogP contribution in [0.25, 0.3) is 16.8 Å². The van der Waals surface area contributed by atoms with Gasteiger partial charge in [0.15, 0.2) is 4.91 Å². The Kier molecular flexibility index (Phi) is 7.54. The number of allylic oxidation sites excluding steroid dienone is 1. The third-order valence-electron chi connectivity index (χ3n) is 4.39. The van der Waals surface area contributed by atoms with Crippen LogP contribution in [0.3, 0.4) is 0 Å². The van der Waals surface area contributed by atoms with Gasteiger partial charge >= 0.3 is 0 Å². The van der Waals surface area contributed by atoms with Crippen molar-refractivity contribution in [2.75, 3.05) is 31.1 Å². The van der Waals surface area contributed by atoms with Crippen molar-refractivity contribution < 1.29 is 18.6 Å². The van der Waals surface area contributed by atoms with Crippen molar-refractivity contribution in [2.45, 2.75) is 20.0 Å². The summed E-state index contributed by atoms with van der Waals surface area (Å²) in [6, 6.07) is 13.2. The van der Waals surface area contributed by atoms with Crippen LogP contribution in [0.2, 0.25) is 0 Å². The van der Waals surface area contributed by atoms with Gasteiger partial charge in [-0.05, 0) is 54.5 Å². The quantitative estimate of drug-likeness (QED) is 0.551. The summed E-state index contributed by atoms with van der Waals surface area (Å²) in [6.45, 7) is 5.06. The minimum atomic E-state index is -4.08. The normalized spacial score (nSPS) is 13.3. The van der Waals surface area contributed by atoms with Crippen LogP contribution < -0.4 is 9.62 Å². The van der Waals surface area contributed by atoms with Gasteiger partial charge in [0.2, 0.25) is 0 Å². The van der Waals surface area contributed by atoms with Crippen molar-refractivity contribution in [2.24, 2.45) is 0 Å². The maximum atomic E-state index is 12.2. The molecule has 0 aliphatic carbocycles. The van der Waals surface area contributed by atoms with Gasteiger partial charge < -0.3 is 15.1 Å². The first kappa shape index (κ1) is 21.9. The Morgan fingerprint density at radius 2 is 1.86 bits per heavy atom. The van der Waals surface area contributed by atoms with Crippen molar-refractivity contribution in [3.05, 3.63) is 46.9 Å². The van der Waals surface area contributed by atoms with Crippen molar-refractivity contribution in [3.63, 3.8) is 0 Å². The second kappa shape index (κ2) is 9.66. The number of sulfonamides is 1. The van der Waals surface area contributed by atoms with E-state index in [1.54, 1.807) is 12.1 Å². The van der Waals surface area contributed by atoms with Crippen LogP contribution in [0.5, 0.6) is 0 Å². The molecule has 2 aromatic rings. The predicted molar refractivity (Wildman–Crippen MR) is 111 cm³/mol. The Hall–Kier alpha value is -2.44. The molecule has 28 heavy (non-hydrogen) atoms. The molecule has 0 radical (unpaired) electrons. The molecule has 0 amide bonds. The van der Waals surface area contributed by atoms with E-state index in [1.807, 2.05) is 24.3 Å². The zero-order valence-corrected chi connectivity index (χ0v) is 16.8. The molecule has 0 spiro atoms. The van der Waals surface area contributed by atoms with E-state index in [2.05, 4.69) is 29.5 Å². The van der Waals surface area contributed by atoms with Crippen LogP contribution in [0.4, 0.5) is 5.69 Å². The van der Waals surface area contributed by atoms with E-state index in [1.165, 1.54) is 6.08 Å². The van der Waals surface area contributed by atoms with Crippen molar-refractivity contribution in [1.29, 1.82) is 5.26 Å². The lowest BCUT2D eigenvalue weighted by atomic mass is 10.1. The fraction of sp³-hybridized carbons (Fsp3) is 0.350. The van der Waals surface area contributed by atoms with Gasteiger partial charge in [0.1, 0.15) is 6.07 Å². The third-order valence-corrected chi connectivity index (χ3v) is 5.73. The highest BCUT2D eigenvalue weighted by molar-refractivity contribution is 7.93. The van der Waals surface area contributed by atoms with Crippen LogP contribution in [0.15, 0.2) is 41.3 Å². The Balaban J connectivity index is 2.33. The molecule has 150 valence electrons. The lowest BCUT2D eigenvalue weighted by molar-refractivity contribution is 0.0989. The molecule has 2 rings (SSSR count). The molecule has 3 N–H and O–H groups in total. The number of nitrogens with zero attached hydrogens (tertiary/aromatic N) is 2. The van der Waals surface area contributed by atoms with Gasteiger partial charge in [-0.25, -0.2) is 13.1 Å². The molecule has 7 nitrogen and oxygen atoms in total. The molecular formula is C20H25N3O4S. The van der Waals surface area contributed by atoms with Crippen LogP contribution >= 0.6 is 0 Å². The predicted octanol–water partition coefficient (Wildman–Crippen LogP) is 1.82. The molecule has 1 unspecified atom stereocenters. The molecular weight excluding hydrogens is 378 g/mol. The standard InChI is InChI=1S/C20H25N3O4S/c1-3-23(4-2)18-8-7-16-9-15(5-6-17(16)11-18)10-20(12-21)28(26,27)22-13-19(25)14-24/h5-11,19,22,24-25H,3-4,13-14H2,1-2H3. The third kappa shape index (κ3) is 5.30. The monoisotopic (exact) mass is 403 g/mol. The largest absolute Gasteiger partial charge is 0.394 e. The van der Waals surface area contributed by atoms with Crippen LogP contribution in [0, 0.1) is 11.3 Å². The summed E-state index contributed by atoms with van der Waals surface area (Å²) in [5, 5.41) is 29.3. The van der Waals surface area contributed by atoms with Crippen LogP contribution in [-0.4, -0.2) is 51.0 Å². The Bertz CT molecular complexity index is 992. The summed E-state index contributed by atoms with van der Waals surface area (Å²) in [6.07, 6.45) is 0.0566. The number of aliphatic hydroxyl groups is 2. The second-order valence-corrected chi connectivity index (χ2v) is 8.01. The van der Waals surface area contributed by atoms with Gasteiger partial charge in [-0.2, -0.15) is 5.26 Å². The van der Waals surface area contributed by atoms with Crippen molar-refractivity contribution in [3.8, 4) is 6.07 Å². The van der Waals surface area contributed by atoms with E-state index < -0.39 is 27.6 Å². The maximum Gasteiger partial charge on any atom is 0.250 e. The number of hydrogen-bond donors (Lipinski definition) is 3. The smallest absolute Gasteiger partial charge is 0.250 e. The van der Waals surface area contributed by atoms with E-state index in [-0.39, 0.29) is 6.54 Å². The van der Waals surface area contributed by atoms with E-state index in [4.69, 9.17) is 5.11 Å². The molecule has 0 aliphatic rings. The summed E-state index contributed by atoms with van der Waals surface area (Å²) >= 11 is 0. The van der Waals surface area contributed by atoms with Crippen LogP contribution in [0.1, 0.15) is 19.4 Å². The average Bonchev–Trinajstić information content (AvgIpc) is 2.70. The van der Waals surface area contributed by atoms with E-state index in [0.29, 0.717) is 5.56 Å². The van der Waals surface area contributed by atoms with Crippen molar-refractivity contribution >= 4 is 32.6 Å². The second-order valence-electron chi connectivity index (χ2n) is 6.27. The zero-order valence-electron chi connectivity index (χ0n) is 16.0. The summed E-state index contributed by atoms with van der Waals surface area (Å²) < 4.78 is 26.6. The highest BCUT2D eigenvalue weighted by Crippen LogP contribution is 2.24. The summed E-state index contributed by atoms with van der Waals surface area (Å²) in [4.78, 5) is 1.77. The lowest BCUT2D eigenvalue weighted by Gasteiger charge is -2.21. The Morgan fingerprint density at radius 1 is 1.21 bits per heavy atom. The average molecular weight is 404 g/mol. The van der Waals surface area contributed by atoms with E-state index in [9.17, 15) is 18.8 Å². The number of hydrogen-bond acceptors (Lipinski definition) is 6. The van der Waals surface area contributed by atoms with Gasteiger partial charge in [-0.3, -0.25) is 0 Å². The van der Waals surface area contributed by atoms with Gasteiger partial charge in [0.05, 0.1) is 12.7 Å².